The van der Waals surface area contributed by atoms with Crippen molar-refractivity contribution in [3.63, 3.8) is 0 Å². The van der Waals surface area contributed by atoms with Crippen molar-refractivity contribution in [3.05, 3.63) is 29.0 Å². The van der Waals surface area contributed by atoms with E-state index in [0.29, 0.717) is 31.5 Å². The first-order valence-electron chi connectivity index (χ1n) is 7.20. The molecule has 3 rings (SSSR count). The van der Waals surface area contributed by atoms with E-state index in [9.17, 15) is 19.1 Å². The molecule has 1 unspecified atom stereocenters. The molecule has 7 heteroatoms. The van der Waals surface area contributed by atoms with E-state index in [1.165, 1.54) is 23.1 Å². The van der Waals surface area contributed by atoms with Crippen LogP contribution in [0, 0.1) is 5.82 Å². The average Bonchev–Trinajstić information content (AvgIpc) is 2.80. The van der Waals surface area contributed by atoms with Crippen LogP contribution in [0.3, 0.4) is 0 Å². The van der Waals surface area contributed by atoms with Crippen LogP contribution < -0.4 is 10.2 Å². The van der Waals surface area contributed by atoms with Crippen molar-refractivity contribution in [2.45, 2.75) is 37.3 Å². The molecule has 0 bridgehead atoms. The monoisotopic (exact) mass is 326 g/mol. The number of nitrogens with one attached hydrogen (secondary N) is 1. The molecule has 0 aromatic heterocycles. The van der Waals surface area contributed by atoms with E-state index in [2.05, 4.69) is 5.32 Å². The SMILES string of the molecule is O=C1C(NC(=O)C2(O)CCC2)CCN1c1ccc(F)c(Cl)c1. The summed E-state index contributed by atoms with van der Waals surface area (Å²) in [7, 11) is 0. The number of carbonyl (C=O) groups is 2. The Bertz CT molecular complexity index is 633. The van der Waals surface area contributed by atoms with Crippen LogP contribution in [-0.4, -0.2) is 35.1 Å². The molecule has 1 aromatic rings. The summed E-state index contributed by atoms with van der Waals surface area (Å²) in [5.41, 5.74) is -0.831. The van der Waals surface area contributed by atoms with Gasteiger partial charge in [-0.1, -0.05) is 11.6 Å². The predicted molar refractivity (Wildman–Crippen MR) is 79.1 cm³/mol. The van der Waals surface area contributed by atoms with E-state index in [0.717, 1.165) is 6.42 Å². The van der Waals surface area contributed by atoms with E-state index >= 15 is 0 Å². The summed E-state index contributed by atoms with van der Waals surface area (Å²) in [5, 5.41) is 12.5. The zero-order valence-electron chi connectivity index (χ0n) is 11.8. The van der Waals surface area contributed by atoms with Gasteiger partial charge in [0.2, 0.25) is 5.91 Å². The van der Waals surface area contributed by atoms with Gasteiger partial charge in [-0.3, -0.25) is 9.59 Å². The van der Waals surface area contributed by atoms with Crippen LogP contribution in [0.15, 0.2) is 18.2 Å². The van der Waals surface area contributed by atoms with Crippen molar-refractivity contribution in [1.82, 2.24) is 5.32 Å². The molecule has 2 amide bonds. The highest BCUT2D eigenvalue weighted by Crippen LogP contribution is 2.32. The third kappa shape index (κ3) is 2.57. The largest absolute Gasteiger partial charge is 0.380 e. The molecule has 1 aliphatic carbocycles. The average molecular weight is 327 g/mol. The van der Waals surface area contributed by atoms with E-state index < -0.39 is 23.4 Å². The summed E-state index contributed by atoms with van der Waals surface area (Å²) in [5.74, 6) is -1.32. The Balaban J connectivity index is 1.69. The van der Waals surface area contributed by atoms with Crippen LogP contribution in [0.4, 0.5) is 10.1 Å². The molecule has 1 atom stereocenters. The fraction of sp³-hybridized carbons (Fsp3) is 0.467. The minimum absolute atomic E-state index is 0.0541. The number of anilines is 1. The molecule has 22 heavy (non-hydrogen) atoms. The quantitative estimate of drug-likeness (QED) is 0.886. The van der Waals surface area contributed by atoms with Crippen LogP contribution in [0.25, 0.3) is 0 Å². The van der Waals surface area contributed by atoms with Gasteiger partial charge in [0.1, 0.15) is 17.5 Å². The van der Waals surface area contributed by atoms with Gasteiger partial charge < -0.3 is 15.3 Å². The summed E-state index contributed by atoms with van der Waals surface area (Å²) in [4.78, 5) is 25.8. The highest BCUT2D eigenvalue weighted by molar-refractivity contribution is 6.31. The highest BCUT2D eigenvalue weighted by atomic mass is 35.5. The lowest BCUT2D eigenvalue weighted by Crippen LogP contribution is -2.55. The summed E-state index contributed by atoms with van der Waals surface area (Å²) >= 11 is 5.73. The summed E-state index contributed by atoms with van der Waals surface area (Å²) < 4.78 is 13.2. The van der Waals surface area contributed by atoms with E-state index in [1.807, 2.05) is 0 Å². The number of carbonyl (C=O) groups excluding carboxylic acids is 2. The third-order valence-corrected chi connectivity index (χ3v) is 4.62. The summed E-state index contributed by atoms with van der Waals surface area (Å²) in [6, 6.07) is 3.40. The number of hydrogen-bond acceptors (Lipinski definition) is 3. The van der Waals surface area contributed by atoms with Crippen LogP contribution in [0.5, 0.6) is 0 Å². The van der Waals surface area contributed by atoms with Gasteiger partial charge in [-0.05, 0) is 43.9 Å². The van der Waals surface area contributed by atoms with Crippen molar-refractivity contribution in [3.8, 4) is 0 Å². The number of benzene rings is 1. The highest BCUT2D eigenvalue weighted by Gasteiger charge is 2.44. The maximum absolute atomic E-state index is 13.2. The molecule has 1 saturated heterocycles. The molecule has 118 valence electrons. The zero-order valence-corrected chi connectivity index (χ0v) is 12.6. The molecule has 1 saturated carbocycles. The molecule has 5 nitrogen and oxygen atoms in total. The summed E-state index contributed by atoms with van der Waals surface area (Å²) in [6.07, 6.45) is 2.10. The number of aliphatic hydroxyl groups is 1. The van der Waals surface area contributed by atoms with E-state index in [-0.39, 0.29) is 10.9 Å². The standard InChI is InChI=1S/C15H16ClFN2O3/c16-10-8-9(2-3-11(10)17)19-7-4-12(13(19)20)18-14(21)15(22)5-1-6-15/h2-3,8,12,22H,1,4-7H2,(H,18,21). The van der Waals surface area contributed by atoms with Gasteiger partial charge in [0.05, 0.1) is 5.02 Å². The van der Waals surface area contributed by atoms with Gasteiger partial charge in [-0.25, -0.2) is 4.39 Å². The summed E-state index contributed by atoms with van der Waals surface area (Å²) in [6.45, 7) is 0.407. The molecule has 1 heterocycles. The fourth-order valence-electron chi connectivity index (χ4n) is 2.75. The zero-order chi connectivity index (χ0) is 15.9. The molecular formula is C15H16ClFN2O3. The predicted octanol–water partition coefficient (Wildman–Crippen LogP) is 1.62. The first kappa shape index (κ1) is 15.2. The van der Waals surface area contributed by atoms with Gasteiger partial charge in [-0.15, -0.1) is 0 Å². The molecule has 2 aliphatic rings. The van der Waals surface area contributed by atoms with E-state index in [1.54, 1.807) is 0 Å². The van der Waals surface area contributed by atoms with Gasteiger partial charge >= 0.3 is 0 Å². The Labute approximate surface area is 132 Å². The molecule has 2 fully saturated rings. The maximum Gasteiger partial charge on any atom is 0.252 e. The maximum atomic E-state index is 13.2. The van der Waals surface area contributed by atoms with Crippen molar-refractivity contribution in [2.75, 3.05) is 11.4 Å². The molecule has 1 aliphatic heterocycles. The van der Waals surface area contributed by atoms with Crippen LogP contribution >= 0.6 is 11.6 Å². The van der Waals surface area contributed by atoms with Crippen LogP contribution in [0.2, 0.25) is 5.02 Å². The second-order valence-electron chi connectivity index (χ2n) is 5.79. The Morgan fingerprint density at radius 2 is 2.18 bits per heavy atom. The van der Waals surface area contributed by atoms with Gasteiger partial charge in [-0.2, -0.15) is 0 Å². The molecule has 2 N–H and O–H groups in total. The minimum Gasteiger partial charge on any atom is -0.380 e. The number of halogens is 2. The first-order valence-corrected chi connectivity index (χ1v) is 7.58. The Morgan fingerprint density at radius 1 is 1.45 bits per heavy atom. The molecule has 0 radical (unpaired) electrons. The van der Waals surface area contributed by atoms with Crippen LogP contribution in [-0.2, 0) is 9.59 Å². The second-order valence-corrected chi connectivity index (χ2v) is 6.20. The number of amides is 2. The Morgan fingerprint density at radius 3 is 2.77 bits per heavy atom. The number of rotatable bonds is 3. The van der Waals surface area contributed by atoms with Gasteiger partial charge in [0.15, 0.2) is 0 Å². The molecule has 1 aromatic carbocycles. The second kappa shape index (κ2) is 5.52. The van der Waals surface area contributed by atoms with Gasteiger partial charge in [0, 0.05) is 12.2 Å². The normalized spacial score (nSPS) is 23.3. The van der Waals surface area contributed by atoms with Crippen LogP contribution in [0.1, 0.15) is 25.7 Å². The van der Waals surface area contributed by atoms with Gasteiger partial charge in [0.25, 0.3) is 5.91 Å². The lowest BCUT2D eigenvalue weighted by molar-refractivity contribution is -0.150. The topological polar surface area (TPSA) is 69.6 Å². The molecular weight excluding hydrogens is 311 g/mol. The fourth-order valence-corrected chi connectivity index (χ4v) is 2.93. The smallest absolute Gasteiger partial charge is 0.252 e. The Kier molecular flexibility index (Phi) is 3.82. The molecule has 0 spiro atoms. The van der Waals surface area contributed by atoms with Crippen molar-refractivity contribution in [1.29, 1.82) is 0 Å². The van der Waals surface area contributed by atoms with Crippen molar-refractivity contribution >= 4 is 29.1 Å². The number of hydrogen-bond donors (Lipinski definition) is 2. The lowest BCUT2D eigenvalue weighted by Gasteiger charge is -2.35. The Hall–Kier alpha value is -1.66. The van der Waals surface area contributed by atoms with Crippen molar-refractivity contribution in [2.24, 2.45) is 0 Å². The first-order chi connectivity index (χ1) is 10.4. The van der Waals surface area contributed by atoms with E-state index in [4.69, 9.17) is 11.6 Å². The third-order valence-electron chi connectivity index (χ3n) is 4.33. The van der Waals surface area contributed by atoms with Crippen molar-refractivity contribution < 1.29 is 19.1 Å². The lowest BCUT2D eigenvalue weighted by atomic mass is 9.79. The number of nitrogens with zero attached hydrogens (tertiary/aromatic N) is 1. The minimum atomic E-state index is -1.33.